The van der Waals surface area contributed by atoms with Gasteiger partial charge in [-0.1, -0.05) is 6.07 Å². The number of carbonyl (C=O) groups is 1. The zero-order valence-corrected chi connectivity index (χ0v) is 10.3. The second-order valence-electron chi connectivity index (χ2n) is 4.15. The summed E-state index contributed by atoms with van der Waals surface area (Å²) in [7, 11) is 0. The molecule has 3 rings (SSSR count). The van der Waals surface area contributed by atoms with Gasteiger partial charge in [0.2, 0.25) is 6.79 Å². The lowest BCUT2D eigenvalue weighted by Crippen LogP contribution is -2.05. The monoisotopic (exact) mass is 260 g/mol. The zero-order chi connectivity index (χ0) is 13.2. The van der Waals surface area contributed by atoms with Crippen molar-refractivity contribution < 1.29 is 23.4 Å². The topological polar surface area (TPSA) is 57.9 Å². The van der Waals surface area contributed by atoms with Crippen LogP contribution in [0.1, 0.15) is 21.7 Å². The number of aryl methyl sites for hydroxylation is 1. The van der Waals surface area contributed by atoms with Crippen molar-refractivity contribution >= 4 is 5.97 Å². The van der Waals surface area contributed by atoms with E-state index in [1.54, 1.807) is 25.1 Å². The molecule has 0 fully saturated rings. The predicted octanol–water partition coefficient (Wildman–Crippen LogP) is 2.67. The van der Waals surface area contributed by atoms with Crippen LogP contribution in [0.25, 0.3) is 0 Å². The highest BCUT2D eigenvalue weighted by atomic mass is 16.7. The van der Waals surface area contributed by atoms with E-state index in [2.05, 4.69) is 0 Å². The minimum atomic E-state index is -0.399. The van der Waals surface area contributed by atoms with Crippen LogP contribution >= 0.6 is 0 Å². The number of ether oxygens (including phenoxy) is 3. The molecule has 1 aromatic heterocycles. The van der Waals surface area contributed by atoms with Gasteiger partial charge in [-0.3, -0.25) is 0 Å². The lowest BCUT2D eigenvalue weighted by molar-refractivity contribution is 0.0470. The van der Waals surface area contributed by atoms with E-state index in [4.69, 9.17) is 18.6 Å². The van der Waals surface area contributed by atoms with Crippen LogP contribution in [-0.4, -0.2) is 12.8 Å². The van der Waals surface area contributed by atoms with Gasteiger partial charge in [0.05, 0.1) is 6.26 Å². The van der Waals surface area contributed by atoms with Crippen molar-refractivity contribution in [1.82, 2.24) is 0 Å². The molecule has 5 heteroatoms. The standard InChI is InChI=1S/C14H12O5/c1-9-11(4-5-16-9)14(15)17-7-10-2-3-12-13(6-10)19-8-18-12/h2-6H,7-8H2,1H3. The van der Waals surface area contributed by atoms with Crippen molar-refractivity contribution in [3.8, 4) is 11.5 Å². The number of fused-ring (bicyclic) bond motifs is 1. The van der Waals surface area contributed by atoms with Gasteiger partial charge in [-0.25, -0.2) is 4.79 Å². The molecule has 5 nitrogen and oxygen atoms in total. The minimum Gasteiger partial charge on any atom is -0.469 e. The summed E-state index contributed by atoms with van der Waals surface area (Å²) in [5.41, 5.74) is 1.29. The minimum absolute atomic E-state index is 0.181. The number of carbonyl (C=O) groups excluding carboxylic acids is 1. The molecule has 0 radical (unpaired) electrons. The predicted molar refractivity (Wildman–Crippen MR) is 65.1 cm³/mol. The molecule has 0 saturated heterocycles. The average Bonchev–Trinajstić information content (AvgIpc) is 3.03. The van der Waals surface area contributed by atoms with Gasteiger partial charge in [-0.2, -0.15) is 0 Å². The highest BCUT2D eigenvalue weighted by molar-refractivity contribution is 5.90. The fraction of sp³-hybridized carbons (Fsp3) is 0.214. The normalized spacial score (nSPS) is 12.5. The van der Waals surface area contributed by atoms with E-state index in [1.807, 2.05) is 6.07 Å². The largest absolute Gasteiger partial charge is 0.469 e. The maximum Gasteiger partial charge on any atom is 0.342 e. The number of hydrogen-bond acceptors (Lipinski definition) is 5. The Balaban J connectivity index is 1.66. The molecule has 0 amide bonds. The van der Waals surface area contributed by atoms with Crippen LogP contribution in [0.5, 0.6) is 11.5 Å². The molecule has 19 heavy (non-hydrogen) atoms. The molecule has 98 valence electrons. The lowest BCUT2D eigenvalue weighted by Gasteiger charge is -2.05. The summed E-state index contributed by atoms with van der Waals surface area (Å²) < 4.78 is 20.7. The van der Waals surface area contributed by atoms with E-state index in [0.717, 1.165) is 5.56 Å². The third kappa shape index (κ3) is 2.27. The smallest absolute Gasteiger partial charge is 0.342 e. The Hall–Kier alpha value is -2.43. The summed E-state index contributed by atoms with van der Waals surface area (Å²) in [5, 5.41) is 0. The average molecular weight is 260 g/mol. The van der Waals surface area contributed by atoms with Crippen molar-refractivity contribution in [2.24, 2.45) is 0 Å². The Morgan fingerprint density at radius 1 is 1.26 bits per heavy atom. The van der Waals surface area contributed by atoms with E-state index >= 15 is 0 Å². The van der Waals surface area contributed by atoms with Crippen molar-refractivity contribution in [3.05, 3.63) is 47.4 Å². The molecule has 0 atom stereocenters. The summed E-state index contributed by atoms with van der Waals surface area (Å²) in [6, 6.07) is 7.03. The van der Waals surface area contributed by atoms with E-state index in [-0.39, 0.29) is 13.4 Å². The lowest BCUT2D eigenvalue weighted by atomic mass is 10.2. The molecule has 0 bridgehead atoms. The van der Waals surface area contributed by atoms with E-state index in [1.165, 1.54) is 6.26 Å². The highest BCUT2D eigenvalue weighted by Gasteiger charge is 2.15. The number of benzene rings is 1. The van der Waals surface area contributed by atoms with Crippen LogP contribution < -0.4 is 9.47 Å². The van der Waals surface area contributed by atoms with Crippen LogP contribution in [0.4, 0.5) is 0 Å². The summed E-state index contributed by atoms with van der Waals surface area (Å²) in [5.74, 6) is 1.54. The first-order chi connectivity index (χ1) is 9.24. The third-order valence-corrected chi connectivity index (χ3v) is 2.89. The third-order valence-electron chi connectivity index (χ3n) is 2.89. The summed E-state index contributed by atoms with van der Waals surface area (Å²) in [6.45, 7) is 2.13. The molecule has 2 heterocycles. The van der Waals surface area contributed by atoms with Gasteiger partial charge < -0.3 is 18.6 Å². The van der Waals surface area contributed by atoms with Crippen LogP contribution in [0.3, 0.4) is 0 Å². The number of esters is 1. The first-order valence-electron chi connectivity index (χ1n) is 5.84. The molecule has 0 N–H and O–H groups in total. The fourth-order valence-electron chi connectivity index (χ4n) is 1.85. The van der Waals surface area contributed by atoms with Crippen LogP contribution in [0, 0.1) is 6.92 Å². The van der Waals surface area contributed by atoms with Gasteiger partial charge in [0.1, 0.15) is 17.9 Å². The molecule has 2 aromatic rings. The maximum absolute atomic E-state index is 11.8. The number of furan rings is 1. The van der Waals surface area contributed by atoms with Crippen molar-refractivity contribution in [2.75, 3.05) is 6.79 Å². The van der Waals surface area contributed by atoms with Gasteiger partial charge >= 0.3 is 5.97 Å². The van der Waals surface area contributed by atoms with Crippen LogP contribution in [-0.2, 0) is 11.3 Å². The molecule has 0 unspecified atom stereocenters. The Kier molecular flexibility index (Phi) is 2.87. The molecule has 1 aliphatic heterocycles. The molecule has 1 aromatic carbocycles. The summed E-state index contributed by atoms with van der Waals surface area (Å²) in [4.78, 5) is 11.8. The SMILES string of the molecule is Cc1occc1C(=O)OCc1ccc2c(c1)OCO2. The first kappa shape index (κ1) is 11.6. The van der Waals surface area contributed by atoms with Gasteiger partial charge in [-0.05, 0) is 30.7 Å². The number of rotatable bonds is 3. The van der Waals surface area contributed by atoms with Gasteiger partial charge in [0.15, 0.2) is 11.5 Å². The zero-order valence-electron chi connectivity index (χ0n) is 10.3. The summed E-state index contributed by atoms with van der Waals surface area (Å²) in [6.07, 6.45) is 1.46. The van der Waals surface area contributed by atoms with E-state index in [0.29, 0.717) is 22.8 Å². The van der Waals surface area contributed by atoms with Crippen molar-refractivity contribution in [1.29, 1.82) is 0 Å². The Bertz CT molecular complexity index is 614. The van der Waals surface area contributed by atoms with Gasteiger partial charge in [0, 0.05) is 0 Å². The molecular formula is C14H12O5. The van der Waals surface area contributed by atoms with Crippen molar-refractivity contribution in [3.63, 3.8) is 0 Å². The molecule has 0 spiro atoms. The van der Waals surface area contributed by atoms with Gasteiger partial charge in [-0.15, -0.1) is 0 Å². The fourth-order valence-corrected chi connectivity index (χ4v) is 1.85. The Morgan fingerprint density at radius 2 is 2.11 bits per heavy atom. The second-order valence-corrected chi connectivity index (χ2v) is 4.15. The van der Waals surface area contributed by atoms with E-state index < -0.39 is 5.97 Å². The van der Waals surface area contributed by atoms with Gasteiger partial charge in [0.25, 0.3) is 0 Å². The molecule has 0 saturated carbocycles. The molecular weight excluding hydrogens is 248 g/mol. The van der Waals surface area contributed by atoms with Crippen LogP contribution in [0.2, 0.25) is 0 Å². The van der Waals surface area contributed by atoms with E-state index in [9.17, 15) is 4.79 Å². The Labute approximate surface area is 109 Å². The second kappa shape index (κ2) is 4.68. The number of hydrogen-bond donors (Lipinski definition) is 0. The molecule has 1 aliphatic rings. The van der Waals surface area contributed by atoms with Crippen molar-refractivity contribution in [2.45, 2.75) is 13.5 Å². The quantitative estimate of drug-likeness (QED) is 0.794. The first-order valence-corrected chi connectivity index (χ1v) is 5.84. The van der Waals surface area contributed by atoms with Crippen LogP contribution in [0.15, 0.2) is 34.9 Å². The molecule has 0 aliphatic carbocycles. The Morgan fingerprint density at radius 3 is 2.89 bits per heavy atom. The maximum atomic E-state index is 11.8. The summed E-state index contributed by atoms with van der Waals surface area (Å²) >= 11 is 0. The highest BCUT2D eigenvalue weighted by Crippen LogP contribution is 2.32.